The second kappa shape index (κ2) is 5.80. The quantitative estimate of drug-likeness (QED) is 0.892. The van der Waals surface area contributed by atoms with E-state index in [1.807, 2.05) is 19.2 Å². The number of nitrogens with zero attached hydrogens (tertiary/aromatic N) is 1. The van der Waals surface area contributed by atoms with Gasteiger partial charge in [0, 0.05) is 19.1 Å². The molecular formula is C14H20ClN3O. The SMILES string of the molecule is CN(c1cccc(Cl)c1C(N)=O)C1CCC(N)CC1. The van der Waals surface area contributed by atoms with Crippen LogP contribution in [0.25, 0.3) is 0 Å². The Balaban J connectivity index is 2.26. The molecule has 1 fully saturated rings. The van der Waals surface area contributed by atoms with E-state index in [-0.39, 0.29) is 0 Å². The summed E-state index contributed by atoms with van der Waals surface area (Å²) < 4.78 is 0. The molecule has 104 valence electrons. The van der Waals surface area contributed by atoms with E-state index >= 15 is 0 Å². The van der Waals surface area contributed by atoms with Crippen molar-refractivity contribution in [3.8, 4) is 0 Å². The molecule has 19 heavy (non-hydrogen) atoms. The second-order valence-electron chi connectivity index (χ2n) is 5.18. The minimum Gasteiger partial charge on any atom is -0.371 e. The van der Waals surface area contributed by atoms with E-state index < -0.39 is 5.91 Å². The van der Waals surface area contributed by atoms with Crippen LogP contribution in [0.3, 0.4) is 0 Å². The molecule has 4 N–H and O–H groups in total. The molecule has 1 aromatic rings. The van der Waals surface area contributed by atoms with Crippen molar-refractivity contribution in [1.29, 1.82) is 0 Å². The summed E-state index contributed by atoms with van der Waals surface area (Å²) in [4.78, 5) is 13.7. The summed E-state index contributed by atoms with van der Waals surface area (Å²) in [5.74, 6) is -0.486. The summed E-state index contributed by atoms with van der Waals surface area (Å²) >= 11 is 6.08. The fourth-order valence-corrected chi connectivity index (χ4v) is 3.00. The Morgan fingerprint density at radius 3 is 2.53 bits per heavy atom. The van der Waals surface area contributed by atoms with Crippen molar-refractivity contribution in [1.82, 2.24) is 0 Å². The van der Waals surface area contributed by atoms with Crippen LogP contribution in [0.5, 0.6) is 0 Å². The molecule has 1 aliphatic carbocycles. The normalized spacial score (nSPS) is 23.1. The number of carbonyl (C=O) groups excluding carboxylic acids is 1. The molecule has 1 saturated carbocycles. The van der Waals surface area contributed by atoms with Crippen LogP contribution >= 0.6 is 11.6 Å². The lowest BCUT2D eigenvalue weighted by molar-refractivity contribution is 0.100. The van der Waals surface area contributed by atoms with Crippen molar-refractivity contribution >= 4 is 23.2 Å². The third kappa shape index (κ3) is 3.01. The first kappa shape index (κ1) is 14.2. The van der Waals surface area contributed by atoms with Gasteiger partial charge in [-0.25, -0.2) is 0 Å². The maximum atomic E-state index is 11.6. The first-order chi connectivity index (χ1) is 9.00. The summed E-state index contributed by atoms with van der Waals surface area (Å²) in [6.45, 7) is 0. The van der Waals surface area contributed by atoms with E-state index in [2.05, 4.69) is 4.90 Å². The van der Waals surface area contributed by atoms with Gasteiger partial charge in [-0.15, -0.1) is 0 Å². The van der Waals surface area contributed by atoms with Crippen LogP contribution in [0.15, 0.2) is 18.2 Å². The van der Waals surface area contributed by atoms with E-state index in [0.717, 1.165) is 31.4 Å². The van der Waals surface area contributed by atoms with Gasteiger partial charge < -0.3 is 16.4 Å². The van der Waals surface area contributed by atoms with Crippen LogP contribution in [-0.4, -0.2) is 25.0 Å². The van der Waals surface area contributed by atoms with Gasteiger partial charge in [-0.3, -0.25) is 4.79 Å². The monoisotopic (exact) mass is 281 g/mol. The van der Waals surface area contributed by atoms with Gasteiger partial charge >= 0.3 is 0 Å². The maximum absolute atomic E-state index is 11.6. The van der Waals surface area contributed by atoms with Crippen molar-refractivity contribution < 1.29 is 4.79 Å². The molecule has 0 unspecified atom stereocenters. The third-order valence-corrected chi connectivity index (χ3v) is 4.22. The molecular weight excluding hydrogens is 262 g/mol. The van der Waals surface area contributed by atoms with Crippen molar-refractivity contribution in [2.45, 2.75) is 37.8 Å². The molecule has 2 rings (SSSR count). The largest absolute Gasteiger partial charge is 0.371 e. The second-order valence-corrected chi connectivity index (χ2v) is 5.58. The predicted octanol–water partition coefficient (Wildman–Crippen LogP) is 2.15. The predicted molar refractivity (Wildman–Crippen MR) is 78.6 cm³/mol. The smallest absolute Gasteiger partial charge is 0.252 e. The number of hydrogen-bond acceptors (Lipinski definition) is 3. The average Bonchev–Trinajstić information content (AvgIpc) is 2.38. The van der Waals surface area contributed by atoms with Crippen molar-refractivity contribution in [2.75, 3.05) is 11.9 Å². The zero-order valence-electron chi connectivity index (χ0n) is 11.1. The number of anilines is 1. The van der Waals surface area contributed by atoms with E-state index in [9.17, 15) is 4.79 Å². The Morgan fingerprint density at radius 2 is 1.95 bits per heavy atom. The van der Waals surface area contributed by atoms with Crippen molar-refractivity contribution in [3.05, 3.63) is 28.8 Å². The minimum atomic E-state index is -0.486. The van der Waals surface area contributed by atoms with E-state index in [4.69, 9.17) is 23.1 Å². The highest BCUT2D eigenvalue weighted by molar-refractivity contribution is 6.34. The lowest BCUT2D eigenvalue weighted by Crippen LogP contribution is -2.39. The highest BCUT2D eigenvalue weighted by Gasteiger charge is 2.25. The van der Waals surface area contributed by atoms with E-state index in [0.29, 0.717) is 22.7 Å². The third-order valence-electron chi connectivity index (χ3n) is 3.91. The molecule has 1 aliphatic rings. The molecule has 0 spiro atoms. The van der Waals surface area contributed by atoms with Crippen molar-refractivity contribution in [3.63, 3.8) is 0 Å². The maximum Gasteiger partial charge on any atom is 0.252 e. The Hall–Kier alpha value is -1.26. The van der Waals surface area contributed by atoms with Crippen molar-refractivity contribution in [2.24, 2.45) is 11.5 Å². The number of amides is 1. The summed E-state index contributed by atoms with van der Waals surface area (Å²) in [6, 6.07) is 6.11. The summed E-state index contributed by atoms with van der Waals surface area (Å²) in [7, 11) is 1.99. The van der Waals surface area contributed by atoms with E-state index in [1.54, 1.807) is 6.07 Å². The molecule has 1 aromatic carbocycles. The van der Waals surface area contributed by atoms with Crippen LogP contribution in [-0.2, 0) is 0 Å². The first-order valence-corrected chi connectivity index (χ1v) is 6.95. The average molecular weight is 282 g/mol. The molecule has 5 heteroatoms. The zero-order chi connectivity index (χ0) is 14.0. The van der Waals surface area contributed by atoms with Gasteiger partial charge in [0.15, 0.2) is 0 Å². The number of halogens is 1. The van der Waals surface area contributed by atoms with Crippen LogP contribution < -0.4 is 16.4 Å². The fourth-order valence-electron chi connectivity index (χ4n) is 2.74. The molecule has 0 atom stereocenters. The highest BCUT2D eigenvalue weighted by Crippen LogP contribution is 2.31. The minimum absolute atomic E-state index is 0.305. The first-order valence-electron chi connectivity index (χ1n) is 6.57. The van der Waals surface area contributed by atoms with Gasteiger partial charge in [0.05, 0.1) is 16.3 Å². The van der Waals surface area contributed by atoms with Crippen LogP contribution in [0.2, 0.25) is 5.02 Å². The van der Waals surface area contributed by atoms with Gasteiger partial charge in [0.25, 0.3) is 5.91 Å². The van der Waals surface area contributed by atoms with Gasteiger partial charge in [-0.2, -0.15) is 0 Å². The Labute approximate surface area is 118 Å². The molecule has 0 heterocycles. The van der Waals surface area contributed by atoms with Gasteiger partial charge in [0.2, 0.25) is 0 Å². The van der Waals surface area contributed by atoms with Crippen LogP contribution in [0.4, 0.5) is 5.69 Å². The van der Waals surface area contributed by atoms with Crippen LogP contribution in [0.1, 0.15) is 36.0 Å². The molecule has 0 radical (unpaired) electrons. The molecule has 0 aromatic heterocycles. The van der Waals surface area contributed by atoms with Gasteiger partial charge in [0.1, 0.15) is 0 Å². The summed E-state index contributed by atoms with van der Waals surface area (Å²) in [5.41, 5.74) is 12.6. The molecule has 4 nitrogen and oxygen atoms in total. The lowest BCUT2D eigenvalue weighted by Gasteiger charge is -2.35. The van der Waals surface area contributed by atoms with Gasteiger partial charge in [-0.05, 0) is 37.8 Å². The highest BCUT2D eigenvalue weighted by atomic mass is 35.5. The van der Waals surface area contributed by atoms with Crippen LogP contribution in [0, 0.1) is 0 Å². The Kier molecular flexibility index (Phi) is 4.32. The molecule has 0 saturated heterocycles. The van der Waals surface area contributed by atoms with Gasteiger partial charge in [-0.1, -0.05) is 17.7 Å². The topological polar surface area (TPSA) is 72.3 Å². The molecule has 0 bridgehead atoms. The summed E-state index contributed by atoms with van der Waals surface area (Å²) in [6.07, 6.45) is 4.09. The number of nitrogens with two attached hydrogens (primary N) is 2. The summed E-state index contributed by atoms with van der Waals surface area (Å²) in [5, 5.41) is 0.407. The number of benzene rings is 1. The lowest BCUT2D eigenvalue weighted by atomic mass is 9.90. The number of primary amides is 1. The Bertz CT molecular complexity index is 470. The molecule has 0 aliphatic heterocycles. The van der Waals surface area contributed by atoms with E-state index in [1.165, 1.54) is 0 Å². The fraction of sp³-hybridized carbons (Fsp3) is 0.500. The Morgan fingerprint density at radius 1 is 1.32 bits per heavy atom. The zero-order valence-corrected chi connectivity index (χ0v) is 11.9. The molecule has 1 amide bonds. The standard InChI is InChI=1S/C14H20ClN3O/c1-18(10-7-5-9(16)6-8-10)12-4-2-3-11(15)13(12)14(17)19/h2-4,9-10H,5-8,16H2,1H3,(H2,17,19). The number of rotatable bonds is 3. The number of carbonyl (C=O) groups is 1. The number of hydrogen-bond donors (Lipinski definition) is 2.